The van der Waals surface area contributed by atoms with Crippen LogP contribution in [0.1, 0.15) is 6.92 Å². The van der Waals surface area contributed by atoms with Gasteiger partial charge in [0, 0.05) is 0 Å². The third-order valence-corrected chi connectivity index (χ3v) is 3.99. The Balaban J connectivity index is 2.40. The van der Waals surface area contributed by atoms with Crippen molar-refractivity contribution in [2.75, 3.05) is 11.3 Å². The average molecular weight is 313 g/mol. The maximum atomic E-state index is 13.6. The molecule has 0 fully saturated rings. The first-order valence-corrected chi connectivity index (χ1v) is 7.62. The van der Waals surface area contributed by atoms with Gasteiger partial charge in [-0.25, -0.2) is 17.2 Å². The van der Waals surface area contributed by atoms with E-state index in [2.05, 4.69) is 4.72 Å². The van der Waals surface area contributed by atoms with E-state index in [0.717, 1.165) is 12.1 Å². The molecule has 1 N–H and O–H groups in total. The Morgan fingerprint density at radius 2 is 1.86 bits per heavy atom. The molecule has 4 nitrogen and oxygen atoms in total. The summed E-state index contributed by atoms with van der Waals surface area (Å²) in [7, 11) is -4.25. The maximum absolute atomic E-state index is 13.6. The molecule has 0 atom stereocenters. The third-order valence-electron chi connectivity index (χ3n) is 2.61. The summed E-state index contributed by atoms with van der Waals surface area (Å²) in [4.78, 5) is -0.756. The lowest BCUT2D eigenvalue weighted by Gasteiger charge is -2.13. The van der Waals surface area contributed by atoms with Crippen LogP contribution in [-0.2, 0) is 10.0 Å². The number of rotatable bonds is 5. The minimum Gasteiger partial charge on any atom is -0.492 e. The Labute approximate surface area is 121 Å². The molecule has 112 valence electrons. The fraction of sp³-hybridized carbons (Fsp3) is 0.143. The molecule has 0 saturated heterocycles. The summed E-state index contributed by atoms with van der Waals surface area (Å²) in [6.07, 6.45) is 0. The number of benzene rings is 2. The summed E-state index contributed by atoms with van der Waals surface area (Å²) in [5, 5.41) is 0. The second kappa shape index (κ2) is 6.09. The van der Waals surface area contributed by atoms with Crippen molar-refractivity contribution in [3.63, 3.8) is 0 Å². The van der Waals surface area contributed by atoms with Crippen LogP contribution in [0.15, 0.2) is 47.4 Å². The van der Waals surface area contributed by atoms with Crippen molar-refractivity contribution >= 4 is 15.7 Å². The van der Waals surface area contributed by atoms with Crippen LogP contribution in [0, 0.1) is 11.6 Å². The molecule has 0 radical (unpaired) electrons. The monoisotopic (exact) mass is 313 g/mol. The van der Waals surface area contributed by atoms with Crippen molar-refractivity contribution in [1.82, 2.24) is 0 Å². The molecule has 0 aliphatic heterocycles. The van der Waals surface area contributed by atoms with Gasteiger partial charge in [0.1, 0.15) is 22.3 Å². The predicted octanol–water partition coefficient (Wildman–Crippen LogP) is 3.16. The Hall–Kier alpha value is -2.15. The highest BCUT2D eigenvalue weighted by molar-refractivity contribution is 7.92. The van der Waals surface area contributed by atoms with Crippen molar-refractivity contribution in [3.05, 3.63) is 54.1 Å². The van der Waals surface area contributed by atoms with E-state index in [1.54, 1.807) is 25.1 Å². The fourth-order valence-electron chi connectivity index (χ4n) is 1.72. The van der Waals surface area contributed by atoms with Crippen LogP contribution in [0.4, 0.5) is 14.5 Å². The first kappa shape index (κ1) is 15.2. The molecule has 0 spiro atoms. The van der Waals surface area contributed by atoms with Crippen LogP contribution in [0.3, 0.4) is 0 Å². The van der Waals surface area contributed by atoms with Gasteiger partial charge in [0.15, 0.2) is 0 Å². The number of hydrogen-bond acceptors (Lipinski definition) is 3. The zero-order chi connectivity index (χ0) is 15.5. The summed E-state index contributed by atoms with van der Waals surface area (Å²) in [6.45, 7) is 2.09. The summed E-state index contributed by atoms with van der Waals surface area (Å²) < 4.78 is 58.5. The molecule has 0 aliphatic carbocycles. The van der Waals surface area contributed by atoms with Crippen LogP contribution in [-0.4, -0.2) is 15.0 Å². The number of sulfonamides is 1. The molecule has 2 aromatic carbocycles. The highest BCUT2D eigenvalue weighted by atomic mass is 32.2. The van der Waals surface area contributed by atoms with E-state index in [1.807, 2.05) is 0 Å². The number of anilines is 1. The molecular weight excluding hydrogens is 300 g/mol. The van der Waals surface area contributed by atoms with Gasteiger partial charge >= 0.3 is 0 Å². The van der Waals surface area contributed by atoms with E-state index in [1.165, 1.54) is 6.07 Å². The molecule has 0 amide bonds. The topological polar surface area (TPSA) is 55.4 Å². The van der Waals surface area contributed by atoms with Crippen LogP contribution < -0.4 is 9.46 Å². The third kappa shape index (κ3) is 3.49. The molecule has 2 rings (SSSR count). The van der Waals surface area contributed by atoms with Crippen molar-refractivity contribution in [1.29, 1.82) is 0 Å². The van der Waals surface area contributed by atoms with Crippen molar-refractivity contribution in [3.8, 4) is 5.75 Å². The van der Waals surface area contributed by atoms with Crippen LogP contribution in [0.2, 0.25) is 0 Å². The number of para-hydroxylation sites is 2. The molecule has 0 aliphatic rings. The average Bonchev–Trinajstić information content (AvgIpc) is 2.43. The smallest absolute Gasteiger partial charge is 0.265 e. The van der Waals surface area contributed by atoms with Gasteiger partial charge in [-0.2, -0.15) is 0 Å². The number of hydrogen-bond donors (Lipinski definition) is 1. The first-order chi connectivity index (χ1) is 9.94. The lowest BCUT2D eigenvalue weighted by atomic mass is 10.3. The van der Waals surface area contributed by atoms with Gasteiger partial charge in [0.2, 0.25) is 0 Å². The van der Waals surface area contributed by atoms with E-state index in [9.17, 15) is 17.2 Å². The normalized spacial score (nSPS) is 11.2. The predicted molar refractivity (Wildman–Crippen MR) is 74.8 cm³/mol. The van der Waals surface area contributed by atoms with E-state index in [0.29, 0.717) is 18.4 Å². The van der Waals surface area contributed by atoms with E-state index in [4.69, 9.17) is 4.74 Å². The van der Waals surface area contributed by atoms with Gasteiger partial charge in [-0.3, -0.25) is 4.72 Å². The molecule has 2 aromatic rings. The van der Waals surface area contributed by atoms with Gasteiger partial charge in [0.05, 0.1) is 12.3 Å². The molecular formula is C14H13F2NO3S. The molecule has 0 bridgehead atoms. The van der Waals surface area contributed by atoms with Gasteiger partial charge in [-0.1, -0.05) is 12.1 Å². The van der Waals surface area contributed by atoms with Gasteiger partial charge in [0.25, 0.3) is 10.0 Å². The second-order valence-electron chi connectivity index (χ2n) is 4.11. The number of halogens is 2. The number of nitrogens with one attached hydrogen (secondary N) is 1. The SMILES string of the molecule is CCOc1ccccc1NS(=O)(=O)c1cc(F)ccc1F. The highest BCUT2D eigenvalue weighted by Crippen LogP contribution is 2.27. The lowest BCUT2D eigenvalue weighted by molar-refractivity contribution is 0.342. The van der Waals surface area contributed by atoms with E-state index >= 15 is 0 Å². The number of ether oxygens (including phenoxy) is 1. The minimum absolute atomic E-state index is 0.156. The van der Waals surface area contributed by atoms with Crippen LogP contribution in [0.25, 0.3) is 0 Å². The Morgan fingerprint density at radius 1 is 1.14 bits per heavy atom. The van der Waals surface area contributed by atoms with Gasteiger partial charge in [-0.15, -0.1) is 0 Å². The van der Waals surface area contributed by atoms with Crippen LogP contribution >= 0.6 is 0 Å². The zero-order valence-corrected chi connectivity index (χ0v) is 12.0. The maximum Gasteiger partial charge on any atom is 0.265 e. The fourth-order valence-corrected chi connectivity index (χ4v) is 2.88. The van der Waals surface area contributed by atoms with Gasteiger partial charge in [-0.05, 0) is 37.3 Å². The van der Waals surface area contributed by atoms with Crippen molar-refractivity contribution < 1.29 is 21.9 Å². The largest absolute Gasteiger partial charge is 0.492 e. The van der Waals surface area contributed by atoms with E-state index in [-0.39, 0.29) is 5.69 Å². The second-order valence-corrected chi connectivity index (χ2v) is 5.76. The summed E-state index contributed by atoms with van der Waals surface area (Å²) in [5.74, 6) is -1.56. The lowest BCUT2D eigenvalue weighted by Crippen LogP contribution is -2.15. The highest BCUT2D eigenvalue weighted by Gasteiger charge is 2.21. The molecule has 0 heterocycles. The first-order valence-electron chi connectivity index (χ1n) is 6.13. The molecule has 0 unspecified atom stereocenters. The Morgan fingerprint density at radius 3 is 2.57 bits per heavy atom. The summed E-state index contributed by atoms with van der Waals surface area (Å²) in [6, 6.07) is 8.55. The molecule has 0 aromatic heterocycles. The van der Waals surface area contributed by atoms with E-state index < -0.39 is 26.6 Å². The Bertz CT molecular complexity index is 748. The summed E-state index contributed by atoms with van der Waals surface area (Å²) >= 11 is 0. The molecule has 7 heteroatoms. The standard InChI is InChI=1S/C14H13F2NO3S/c1-2-20-13-6-4-3-5-12(13)17-21(18,19)14-9-10(15)7-8-11(14)16/h3-9,17H,2H2,1H3. The van der Waals surface area contributed by atoms with Crippen LogP contribution in [0.5, 0.6) is 5.75 Å². The summed E-state index contributed by atoms with van der Waals surface area (Å²) in [5.41, 5.74) is 0.156. The van der Waals surface area contributed by atoms with Gasteiger partial charge < -0.3 is 4.74 Å². The van der Waals surface area contributed by atoms with Crippen molar-refractivity contribution in [2.45, 2.75) is 11.8 Å². The quantitative estimate of drug-likeness (QED) is 0.922. The molecule has 21 heavy (non-hydrogen) atoms. The van der Waals surface area contributed by atoms with Crippen molar-refractivity contribution in [2.24, 2.45) is 0 Å². The zero-order valence-electron chi connectivity index (χ0n) is 11.1. The molecule has 0 saturated carbocycles. The Kier molecular flexibility index (Phi) is 4.42. The minimum atomic E-state index is -4.25.